The van der Waals surface area contributed by atoms with Gasteiger partial charge in [0.2, 0.25) is 11.6 Å². The molecule has 2 N–H and O–H groups in total. The van der Waals surface area contributed by atoms with Gasteiger partial charge in [0.15, 0.2) is 5.82 Å². The highest BCUT2D eigenvalue weighted by Gasteiger charge is 2.20. The van der Waals surface area contributed by atoms with Crippen LogP contribution in [0, 0.1) is 6.92 Å². The summed E-state index contributed by atoms with van der Waals surface area (Å²) in [5.41, 5.74) is 0.708. The fourth-order valence-electron chi connectivity index (χ4n) is 2.12. The van der Waals surface area contributed by atoms with Crippen molar-refractivity contribution in [1.82, 2.24) is 24.9 Å². The lowest BCUT2D eigenvalue weighted by atomic mass is 10.2. The number of fused-ring (bicyclic) bond motifs is 1. The van der Waals surface area contributed by atoms with Gasteiger partial charge in [0.05, 0.1) is 0 Å². The Kier molecular flexibility index (Phi) is 2.58. The Hall–Kier alpha value is -2.18. The van der Waals surface area contributed by atoms with Crippen molar-refractivity contribution in [2.45, 2.75) is 25.8 Å². The number of rotatable bonds is 3. The maximum absolute atomic E-state index is 11.1. The van der Waals surface area contributed by atoms with Crippen LogP contribution in [0.1, 0.15) is 18.7 Å². The van der Waals surface area contributed by atoms with Gasteiger partial charge < -0.3 is 10.6 Å². The summed E-state index contributed by atoms with van der Waals surface area (Å²) in [5, 5.41) is 14.2. The fourth-order valence-corrected chi connectivity index (χ4v) is 2.12. The van der Waals surface area contributed by atoms with Crippen LogP contribution in [-0.2, 0) is 4.79 Å². The summed E-state index contributed by atoms with van der Waals surface area (Å²) >= 11 is 0. The molecule has 94 valence electrons. The molecule has 7 heteroatoms. The van der Waals surface area contributed by atoms with Crippen molar-refractivity contribution >= 4 is 17.4 Å². The summed E-state index contributed by atoms with van der Waals surface area (Å²) in [6.45, 7) is 2.55. The maximum atomic E-state index is 11.1. The number of amides is 1. The molecular formula is C11H14N6O. The Bertz CT molecular complexity index is 592. The topological polar surface area (TPSA) is 84.2 Å². The van der Waals surface area contributed by atoms with Crippen molar-refractivity contribution in [3.63, 3.8) is 0 Å². The Morgan fingerprint density at radius 1 is 1.56 bits per heavy atom. The molecule has 0 aromatic carbocycles. The van der Waals surface area contributed by atoms with Crippen LogP contribution in [-0.4, -0.2) is 38.1 Å². The van der Waals surface area contributed by atoms with Crippen LogP contribution < -0.4 is 10.6 Å². The number of carbonyl (C=O) groups excluding carboxylic acids is 1. The van der Waals surface area contributed by atoms with Gasteiger partial charge in [-0.2, -0.15) is 0 Å². The molecule has 1 aliphatic heterocycles. The summed E-state index contributed by atoms with van der Waals surface area (Å²) in [7, 11) is 0. The van der Waals surface area contributed by atoms with Crippen LogP contribution >= 0.6 is 0 Å². The van der Waals surface area contributed by atoms with Gasteiger partial charge in [-0.3, -0.25) is 9.20 Å². The highest BCUT2D eigenvalue weighted by atomic mass is 16.1. The monoisotopic (exact) mass is 246 g/mol. The van der Waals surface area contributed by atoms with Gasteiger partial charge in [-0.1, -0.05) is 0 Å². The van der Waals surface area contributed by atoms with Gasteiger partial charge >= 0.3 is 0 Å². The predicted molar refractivity (Wildman–Crippen MR) is 65.2 cm³/mol. The van der Waals surface area contributed by atoms with Crippen molar-refractivity contribution in [3.8, 4) is 0 Å². The van der Waals surface area contributed by atoms with Crippen molar-refractivity contribution in [3.05, 3.63) is 18.2 Å². The van der Waals surface area contributed by atoms with Gasteiger partial charge in [-0.05, 0) is 13.3 Å². The summed E-state index contributed by atoms with van der Waals surface area (Å²) in [5.74, 6) is 1.63. The van der Waals surface area contributed by atoms with Crippen LogP contribution in [0.25, 0.3) is 5.65 Å². The normalized spacial score (nSPS) is 19.2. The van der Waals surface area contributed by atoms with E-state index in [0.29, 0.717) is 24.4 Å². The highest BCUT2D eigenvalue weighted by Crippen LogP contribution is 2.13. The second kappa shape index (κ2) is 4.25. The summed E-state index contributed by atoms with van der Waals surface area (Å²) in [4.78, 5) is 15.4. The second-order valence-electron chi connectivity index (χ2n) is 4.40. The van der Waals surface area contributed by atoms with Crippen molar-refractivity contribution < 1.29 is 4.79 Å². The number of aryl methyl sites for hydroxylation is 1. The quantitative estimate of drug-likeness (QED) is 0.803. The molecule has 1 aliphatic rings. The minimum Gasteiger partial charge on any atom is -0.365 e. The molecule has 2 aromatic heterocycles. The zero-order chi connectivity index (χ0) is 12.5. The van der Waals surface area contributed by atoms with Crippen LogP contribution in [0.5, 0.6) is 0 Å². The lowest BCUT2D eigenvalue weighted by Crippen LogP contribution is -2.32. The lowest BCUT2D eigenvalue weighted by molar-refractivity contribution is -0.119. The molecular weight excluding hydrogens is 232 g/mol. The van der Waals surface area contributed by atoms with Crippen LogP contribution in [0.3, 0.4) is 0 Å². The van der Waals surface area contributed by atoms with Crippen LogP contribution in [0.4, 0.5) is 5.82 Å². The predicted octanol–water partition coefficient (Wildman–Crippen LogP) is 0.123. The number of carbonyl (C=O) groups is 1. The minimum absolute atomic E-state index is 0.117. The zero-order valence-electron chi connectivity index (χ0n) is 10.1. The highest BCUT2D eigenvalue weighted by molar-refractivity contribution is 5.78. The lowest BCUT2D eigenvalue weighted by Gasteiger charge is -2.11. The van der Waals surface area contributed by atoms with Crippen molar-refractivity contribution in [1.29, 1.82) is 0 Å². The Morgan fingerprint density at radius 3 is 3.22 bits per heavy atom. The van der Waals surface area contributed by atoms with Gasteiger partial charge in [0, 0.05) is 31.4 Å². The molecule has 2 aromatic rings. The summed E-state index contributed by atoms with van der Waals surface area (Å²) < 4.78 is 1.88. The molecule has 0 spiro atoms. The second-order valence-corrected chi connectivity index (χ2v) is 4.40. The maximum Gasteiger partial charge on any atom is 0.220 e. The smallest absolute Gasteiger partial charge is 0.220 e. The van der Waals surface area contributed by atoms with Gasteiger partial charge in [0.25, 0.3) is 0 Å². The van der Waals surface area contributed by atoms with E-state index < -0.39 is 0 Å². The molecule has 0 bridgehead atoms. The third kappa shape index (κ3) is 1.87. The largest absolute Gasteiger partial charge is 0.365 e. The average molecular weight is 246 g/mol. The third-order valence-electron chi connectivity index (χ3n) is 3.10. The molecule has 3 rings (SSSR count). The van der Waals surface area contributed by atoms with E-state index in [1.54, 1.807) is 6.20 Å². The minimum atomic E-state index is 0.117. The van der Waals surface area contributed by atoms with E-state index in [4.69, 9.17) is 0 Å². The number of aromatic nitrogens is 4. The first-order valence-corrected chi connectivity index (χ1v) is 5.93. The molecule has 1 unspecified atom stereocenters. The van der Waals surface area contributed by atoms with Crippen molar-refractivity contribution in [2.24, 2.45) is 0 Å². The molecule has 1 saturated heterocycles. The molecule has 18 heavy (non-hydrogen) atoms. The number of nitrogens with one attached hydrogen (secondary N) is 2. The summed E-state index contributed by atoms with van der Waals surface area (Å²) in [6, 6.07) is 0.170. The molecule has 1 atom stereocenters. The first-order valence-electron chi connectivity index (χ1n) is 5.93. The van der Waals surface area contributed by atoms with E-state index >= 15 is 0 Å². The van der Waals surface area contributed by atoms with Crippen molar-refractivity contribution in [2.75, 3.05) is 11.9 Å². The van der Waals surface area contributed by atoms with E-state index in [-0.39, 0.29) is 11.9 Å². The number of nitrogens with zero attached hydrogens (tertiary/aromatic N) is 4. The van der Waals surface area contributed by atoms with E-state index in [0.717, 1.165) is 12.2 Å². The summed E-state index contributed by atoms with van der Waals surface area (Å²) in [6.07, 6.45) is 5.00. The van der Waals surface area contributed by atoms with E-state index in [1.165, 1.54) is 0 Å². The Morgan fingerprint density at radius 2 is 2.44 bits per heavy atom. The third-order valence-corrected chi connectivity index (χ3v) is 3.10. The molecule has 0 aliphatic carbocycles. The SMILES string of the molecule is Cc1nnc2c(NCC3CCC(=O)N3)nccn12. The first-order chi connectivity index (χ1) is 8.74. The van der Waals surface area contributed by atoms with Crippen LogP contribution in [0.2, 0.25) is 0 Å². The van der Waals surface area contributed by atoms with E-state index in [2.05, 4.69) is 25.8 Å². The number of hydrogen-bond acceptors (Lipinski definition) is 5. The average Bonchev–Trinajstić information content (AvgIpc) is 2.94. The van der Waals surface area contributed by atoms with Gasteiger partial charge in [-0.15, -0.1) is 10.2 Å². The molecule has 0 radical (unpaired) electrons. The fraction of sp³-hybridized carbons (Fsp3) is 0.455. The number of anilines is 1. The van der Waals surface area contributed by atoms with E-state index in [9.17, 15) is 4.79 Å². The van der Waals surface area contributed by atoms with Crippen LogP contribution in [0.15, 0.2) is 12.4 Å². The van der Waals surface area contributed by atoms with Gasteiger partial charge in [-0.25, -0.2) is 4.98 Å². The van der Waals surface area contributed by atoms with Gasteiger partial charge in [0.1, 0.15) is 5.82 Å². The first kappa shape index (κ1) is 10.9. The standard InChI is InChI=1S/C11H14N6O/c1-7-15-16-11-10(12-4-5-17(7)11)13-6-8-2-3-9(18)14-8/h4-5,8H,2-3,6H2,1H3,(H,12,13)(H,14,18). The Balaban J connectivity index is 1.76. The molecule has 3 heterocycles. The van der Waals surface area contributed by atoms with E-state index in [1.807, 2.05) is 17.5 Å². The molecule has 0 saturated carbocycles. The molecule has 1 fully saturated rings. The Labute approximate surface area is 104 Å². The molecule has 7 nitrogen and oxygen atoms in total. The number of hydrogen-bond donors (Lipinski definition) is 2. The zero-order valence-corrected chi connectivity index (χ0v) is 10.1. The molecule has 1 amide bonds.